The van der Waals surface area contributed by atoms with E-state index in [1.807, 2.05) is 64.6 Å². The van der Waals surface area contributed by atoms with E-state index in [1.165, 1.54) is 0 Å². The lowest BCUT2D eigenvalue weighted by Gasteiger charge is -2.45. The van der Waals surface area contributed by atoms with E-state index in [0.717, 1.165) is 22.4 Å². The number of piperazine rings is 1. The number of methoxy groups -OCH3 is 1. The molecule has 0 bridgehead atoms. The van der Waals surface area contributed by atoms with Crippen molar-refractivity contribution in [1.82, 2.24) is 14.9 Å². The Bertz CT molecular complexity index is 866. The maximum atomic E-state index is 12.7. The summed E-state index contributed by atoms with van der Waals surface area (Å²) in [5.41, 5.74) is 2.92. The molecule has 0 aliphatic carbocycles. The average Bonchev–Trinajstić information content (AvgIpc) is 2.58. The highest BCUT2D eigenvalue weighted by atomic mass is 16.6. The monoisotopic (exact) mass is 386 g/mol. The molecule has 1 aromatic heterocycles. The van der Waals surface area contributed by atoms with Crippen LogP contribution in [0.4, 0.5) is 10.5 Å². The summed E-state index contributed by atoms with van der Waals surface area (Å²) in [7, 11) is 1.61. The number of aromatic nitrogens is 2. The maximum absolute atomic E-state index is 12.7. The topological polar surface area (TPSA) is 67.8 Å². The van der Waals surface area contributed by atoms with E-state index in [0.29, 0.717) is 19.0 Å². The van der Waals surface area contributed by atoms with Crippen LogP contribution in [0.1, 0.15) is 40.3 Å². The number of anilines is 1. The number of hydrogen-bond donors (Lipinski definition) is 0. The highest BCUT2D eigenvalue weighted by Gasteiger charge is 2.36. The van der Waals surface area contributed by atoms with Crippen molar-refractivity contribution in [3.63, 3.8) is 0 Å². The summed E-state index contributed by atoms with van der Waals surface area (Å²) >= 11 is 0. The van der Waals surface area contributed by atoms with Gasteiger partial charge in [-0.1, -0.05) is 6.07 Å². The molecule has 0 N–H and O–H groups in total. The van der Waals surface area contributed by atoms with Gasteiger partial charge in [0.15, 0.2) is 0 Å². The number of fused-ring (bicyclic) bond motifs is 1. The maximum Gasteiger partial charge on any atom is 0.410 e. The van der Waals surface area contributed by atoms with E-state index in [1.54, 1.807) is 7.11 Å². The second-order valence-electron chi connectivity index (χ2n) is 8.45. The van der Waals surface area contributed by atoms with Crippen LogP contribution in [0.2, 0.25) is 0 Å². The molecule has 0 radical (unpaired) electrons. The second-order valence-corrected chi connectivity index (χ2v) is 8.45. The third-order valence-electron chi connectivity index (χ3n) is 4.86. The van der Waals surface area contributed by atoms with E-state index in [9.17, 15) is 4.79 Å². The molecular formula is C21H30N4O3. The van der Waals surface area contributed by atoms with Gasteiger partial charge in [-0.05, 0) is 53.7 Å². The van der Waals surface area contributed by atoms with Gasteiger partial charge in [-0.25, -0.2) is 14.8 Å². The quantitative estimate of drug-likeness (QED) is 0.782. The summed E-state index contributed by atoms with van der Waals surface area (Å²) < 4.78 is 11.0. The Kier molecular flexibility index (Phi) is 5.37. The van der Waals surface area contributed by atoms with Crippen LogP contribution in [0.15, 0.2) is 18.2 Å². The largest absolute Gasteiger partial charge is 0.480 e. The number of benzene rings is 1. The smallest absolute Gasteiger partial charge is 0.410 e. The third-order valence-corrected chi connectivity index (χ3v) is 4.86. The van der Waals surface area contributed by atoms with Crippen LogP contribution in [-0.2, 0) is 4.74 Å². The van der Waals surface area contributed by atoms with Crippen LogP contribution in [0.3, 0.4) is 0 Å². The zero-order chi connectivity index (χ0) is 20.6. The zero-order valence-corrected chi connectivity index (χ0v) is 17.8. The first-order chi connectivity index (χ1) is 13.1. The van der Waals surface area contributed by atoms with Gasteiger partial charge in [0.1, 0.15) is 16.8 Å². The Labute approximate surface area is 166 Å². The molecule has 1 saturated heterocycles. The number of amides is 1. The number of hydrogen-bond acceptors (Lipinski definition) is 6. The van der Waals surface area contributed by atoms with E-state index < -0.39 is 5.60 Å². The lowest BCUT2D eigenvalue weighted by atomic mass is 10.1. The first kappa shape index (κ1) is 20.2. The van der Waals surface area contributed by atoms with Gasteiger partial charge in [0, 0.05) is 13.1 Å². The van der Waals surface area contributed by atoms with E-state index in [2.05, 4.69) is 14.9 Å². The number of aryl methyl sites for hydroxylation is 1. The molecule has 28 heavy (non-hydrogen) atoms. The summed E-state index contributed by atoms with van der Waals surface area (Å²) in [5, 5.41) is 0. The summed E-state index contributed by atoms with van der Waals surface area (Å²) in [5.74, 6) is 0.536. The van der Waals surface area contributed by atoms with Crippen LogP contribution in [0, 0.1) is 6.92 Å². The number of nitrogens with zero attached hydrogens (tertiary/aromatic N) is 4. The van der Waals surface area contributed by atoms with Gasteiger partial charge >= 0.3 is 6.09 Å². The molecule has 152 valence electrons. The van der Waals surface area contributed by atoms with Gasteiger partial charge in [0.05, 0.1) is 30.4 Å². The predicted octanol–water partition coefficient (Wildman–Crippen LogP) is 3.78. The fraction of sp³-hybridized carbons (Fsp3) is 0.571. The fourth-order valence-electron chi connectivity index (χ4n) is 3.78. The van der Waals surface area contributed by atoms with Gasteiger partial charge in [0.25, 0.3) is 0 Å². The number of carbonyl (C=O) groups is 1. The lowest BCUT2D eigenvalue weighted by molar-refractivity contribution is 0.00568. The Hall–Kier alpha value is -2.57. The molecule has 2 unspecified atom stereocenters. The molecule has 2 heterocycles. The first-order valence-electron chi connectivity index (χ1n) is 9.68. The predicted molar refractivity (Wildman–Crippen MR) is 110 cm³/mol. The minimum absolute atomic E-state index is 0.00848. The highest BCUT2D eigenvalue weighted by Crippen LogP contribution is 2.30. The molecule has 1 aromatic carbocycles. The zero-order valence-electron chi connectivity index (χ0n) is 17.8. The van der Waals surface area contributed by atoms with Crippen molar-refractivity contribution >= 4 is 22.8 Å². The van der Waals surface area contributed by atoms with Gasteiger partial charge < -0.3 is 14.4 Å². The minimum atomic E-state index is -0.507. The van der Waals surface area contributed by atoms with Crippen molar-refractivity contribution in [1.29, 1.82) is 0 Å². The Morgan fingerprint density at radius 3 is 2.36 bits per heavy atom. The SMILES string of the molecule is COc1nc2c(N3CC(C)N(C(=O)OC(C)(C)C)C(C)C3)cccc2nc1C. The van der Waals surface area contributed by atoms with Crippen LogP contribution < -0.4 is 9.64 Å². The number of rotatable bonds is 2. The van der Waals surface area contributed by atoms with E-state index in [-0.39, 0.29) is 18.2 Å². The molecule has 2 aromatic rings. The fourth-order valence-corrected chi connectivity index (χ4v) is 3.78. The van der Waals surface area contributed by atoms with Crippen LogP contribution >= 0.6 is 0 Å². The summed E-state index contributed by atoms with van der Waals surface area (Å²) in [4.78, 5) is 26.1. The van der Waals surface area contributed by atoms with Crippen molar-refractivity contribution < 1.29 is 14.3 Å². The second kappa shape index (κ2) is 7.45. The van der Waals surface area contributed by atoms with E-state index >= 15 is 0 Å². The van der Waals surface area contributed by atoms with Gasteiger partial charge in [-0.2, -0.15) is 0 Å². The number of para-hydroxylation sites is 1. The summed E-state index contributed by atoms with van der Waals surface area (Å²) in [6, 6.07) is 6.02. The Balaban J connectivity index is 1.90. The van der Waals surface area contributed by atoms with Crippen molar-refractivity contribution in [2.75, 3.05) is 25.1 Å². The van der Waals surface area contributed by atoms with Gasteiger partial charge in [-0.15, -0.1) is 0 Å². The lowest BCUT2D eigenvalue weighted by Crippen LogP contribution is -2.59. The summed E-state index contributed by atoms with van der Waals surface area (Å²) in [6.07, 6.45) is -0.262. The third kappa shape index (κ3) is 3.98. The molecule has 3 rings (SSSR count). The van der Waals surface area contributed by atoms with E-state index in [4.69, 9.17) is 9.47 Å². The molecule has 0 saturated carbocycles. The molecule has 1 fully saturated rings. The molecule has 2 atom stereocenters. The van der Waals surface area contributed by atoms with Crippen molar-refractivity contribution in [2.24, 2.45) is 0 Å². The number of carbonyl (C=O) groups excluding carboxylic acids is 1. The molecule has 1 amide bonds. The van der Waals surface area contributed by atoms with Crippen molar-refractivity contribution in [3.05, 3.63) is 23.9 Å². The van der Waals surface area contributed by atoms with Gasteiger partial charge in [0.2, 0.25) is 5.88 Å². The summed E-state index contributed by atoms with van der Waals surface area (Å²) in [6.45, 7) is 13.0. The van der Waals surface area contributed by atoms with Crippen LogP contribution in [-0.4, -0.2) is 58.8 Å². The van der Waals surface area contributed by atoms with Crippen LogP contribution in [0.25, 0.3) is 11.0 Å². The highest BCUT2D eigenvalue weighted by molar-refractivity contribution is 5.89. The molecular weight excluding hydrogens is 356 g/mol. The molecule has 1 aliphatic rings. The normalized spacial score (nSPS) is 20.4. The Morgan fingerprint density at radius 2 is 1.79 bits per heavy atom. The van der Waals surface area contributed by atoms with Crippen molar-refractivity contribution in [2.45, 2.75) is 59.2 Å². The first-order valence-corrected chi connectivity index (χ1v) is 9.68. The Morgan fingerprint density at radius 1 is 1.14 bits per heavy atom. The standard InChI is InChI=1S/C21H30N4O3/c1-13-11-24(12-14(2)25(13)20(26)28-21(4,5)6)17-10-8-9-16-18(17)23-19(27-7)15(3)22-16/h8-10,13-14H,11-12H2,1-7H3. The van der Waals surface area contributed by atoms with Crippen molar-refractivity contribution in [3.8, 4) is 5.88 Å². The average molecular weight is 386 g/mol. The molecule has 7 heteroatoms. The van der Waals surface area contributed by atoms with Crippen LogP contribution in [0.5, 0.6) is 5.88 Å². The molecule has 1 aliphatic heterocycles. The molecule has 7 nitrogen and oxygen atoms in total. The van der Waals surface area contributed by atoms with Gasteiger partial charge in [-0.3, -0.25) is 4.90 Å². The molecule has 0 spiro atoms. The number of ether oxygens (including phenoxy) is 2. The minimum Gasteiger partial charge on any atom is -0.480 e.